The molecule has 3 N–H and O–H groups in total. The van der Waals surface area contributed by atoms with E-state index >= 15 is 0 Å². The second-order valence-corrected chi connectivity index (χ2v) is 6.69. The zero-order chi connectivity index (χ0) is 19.9. The number of nitrogens with one attached hydrogen (secondary N) is 3. The Balaban J connectivity index is 1.57. The zero-order valence-electron chi connectivity index (χ0n) is 16.1. The van der Waals surface area contributed by atoms with E-state index in [1.54, 1.807) is 7.11 Å². The molecule has 0 saturated carbocycles. The van der Waals surface area contributed by atoms with Gasteiger partial charge in [0.2, 0.25) is 11.8 Å². The van der Waals surface area contributed by atoms with Crippen LogP contribution in [-0.2, 0) is 16.0 Å². The van der Waals surface area contributed by atoms with Crippen molar-refractivity contribution in [1.82, 2.24) is 15.6 Å². The molecule has 0 aliphatic heterocycles. The van der Waals surface area contributed by atoms with Crippen LogP contribution < -0.4 is 15.4 Å². The number of hydrogen-bond donors (Lipinski definition) is 3. The van der Waals surface area contributed by atoms with E-state index < -0.39 is 0 Å². The minimum atomic E-state index is -0.378. The van der Waals surface area contributed by atoms with Crippen molar-refractivity contribution in [2.75, 3.05) is 13.7 Å². The molecule has 1 aromatic heterocycles. The monoisotopic (exact) mass is 379 g/mol. The van der Waals surface area contributed by atoms with Crippen molar-refractivity contribution < 1.29 is 14.3 Å². The molecule has 0 saturated heterocycles. The third-order valence-corrected chi connectivity index (χ3v) is 4.68. The number of aromatic nitrogens is 1. The first kappa shape index (κ1) is 19.5. The normalized spacial score (nSPS) is 11.8. The number of carbonyl (C=O) groups is 2. The van der Waals surface area contributed by atoms with E-state index in [4.69, 9.17) is 4.74 Å². The minimum absolute atomic E-state index is 0.102. The third-order valence-electron chi connectivity index (χ3n) is 4.68. The molecule has 0 aliphatic carbocycles. The van der Waals surface area contributed by atoms with Crippen LogP contribution in [0.3, 0.4) is 0 Å². The number of amides is 2. The second-order valence-electron chi connectivity index (χ2n) is 6.69. The Morgan fingerprint density at radius 3 is 2.57 bits per heavy atom. The van der Waals surface area contributed by atoms with Crippen molar-refractivity contribution in [2.45, 2.75) is 25.8 Å². The molecule has 28 heavy (non-hydrogen) atoms. The molecule has 0 fully saturated rings. The topological polar surface area (TPSA) is 83.2 Å². The Labute approximate surface area is 164 Å². The largest absolute Gasteiger partial charge is 0.497 e. The van der Waals surface area contributed by atoms with Gasteiger partial charge in [-0.25, -0.2) is 0 Å². The Hall–Kier alpha value is -3.28. The molecule has 0 radical (unpaired) electrons. The van der Waals surface area contributed by atoms with Gasteiger partial charge in [-0.05, 0) is 35.7 Å². The summed E-state index contributed by atoms with van der Waals surface area (Å²) < 4.78 is 5.16. The molecule has 3 rings (SSSR count). The molecule has 146 valence electrons. The highest BCUT2D eigenvalue weighted by Gasteiger charge is 2.17. The second kappa shape index (κ2) is 9.08. The Morgan fingerprint density at radius 1 is 1.11 bits per heavy atom. The lowest BCUT2D eigenvalue weighted by Gasteiger charge is -2.18. The molecule has 2 amide bonds. The maximum atomic E-state index is 12.4. The van der Waals surface area contributed by atoms with Crippen LogP contribution in [-0.4, -0.2) is 30.5 Å². The highest BCUT2D eigenvalue weighted by atomic mass is 16.5. The van der Waals surface area contributed by atoms with Crippen molar-refractivity contribution in [3.8, 4) is 5.75 Å². The van der Waals surface area contributed by atoms with E-state index in [0.29, 0.717) is 6.54 Å². The number of carbonyl (C=O) groups excluding carboxylic acids is 2. The number of benzene rings is 2. The quantitative estimate of drug-likeness (QED) is 0.562. The Kier molecular flexibility index (Phi) is 6.32. The van der Waals surface area contributed by atoms with Crippen LogP contribution in [0.2, 0.25) is 0 Å². The number of hydrogen-bond acceptors (Lipinski definition) is 3. The van der Waals surface area contributed by atoms with Gasteiger partial charge < -0.3 is 20.4 Å². The van der Waals surface area contributed by atoms with Gasteiger partial charge >= 0.3 is 0 Å². The lowest BCUT2D eigenvalue weighted by atomic mass is 10.0. The highest BCUT2D eigenvalue weighted by Crippen LogP contribution is 2.21. The van der Waals surface area contributed by atoms with Gasteiger partial charge in [-0.3, -0.25) is 9.59 Å². The van der Waals surface area contributed by atoms with Crippen LogP contribution >= 0.6 is 0 Å². The molecule has 0 spiro atoms. The summed E-state index contributed by atoms with van der Waals surface area (Å²) >= 11 is 0. The lowest BCUT2D eigenvalue weighted by molar-refractivity contribution is -0.122. The Bertz CT molecular complexity index is 947. The summed E-state index contributed by atoms with van der Waals surface area (Å²) in [6, 6.07) is 15.1. The van der Waals surface area contributed by atoms with E-state index in [2.05, 4.69) is 21.7 Å². The molecular formula is C22H25N3O3. The maximum Gasteiger partial charge on any atom is 0.222 e. The van der Waals surface area contributed by atoms with Gasteiger partial charge in [0.05, 0.1) is 19.6 Å². The number of para-hydroxylation sites is 1. The predicted octanol–water partition coefficient (Wildman–Crippen LogP) is 3.10. The summed E-state index contributed by atoms with van der Waals surface area (Å²) in [7, 11) is 1.60. The maximum absolute atomic E-state index is 12.4. The smallest absolute Gasteiger partial charge is 0.222 e. The molecule has 6 nitrogen and oxygen atoms in total. The fourth-order valence-electron chi connectivity index (χ4n) is 3.27. The van der Waals surface area contributed by atoms with E-state index in [0.717, 1.165) is 23.3 Å². The summed E-state index contributed by atoms with van der Waals surface area (Å²) in [5.74, 6) is 0.454. The van der Waals surface area contributed by atoms with Crippen molar-refractivity contribution in [3.05, 3.63) is 65.9 Å². The van der Waals surface area contributed by atoms with Gasteiger partial charge in [-0.1, -0.05) is 30.3 Å². The molecule has 1 unspecified atom stereocenters. The summed E-state index contributed by atoms with van der Waals surface area (Å²) in [5.41, 5.74) is 3.13. The van der Waals surface area contributed by atoms with Crippen molar-refractivity contribution in [2.24, 2.45) is 0 Å². The van der Waals surface area contributed by atoms with Crippen LogP contribution in [0, 0.1) is 0 Å². The van der Waals surface area contributed by atoms with Gasteiger partial charge in [0, 0.05) is 30.6 Å². The number of aromatic amines is 1. The van der Waals surface area contributed by atoms with Gasteiger partial charge in [-0.2, -0.15) is 0 Å². The van der Waals surface area contributed by atoms with Crippen LogP contribution in [0.5, 0.6) is 5.75 Å². The van der Waals surface area contributed by atoms with Gasteiger partial charge in [0.25, 0.3) is 0 Å². The number of fused-ring (bicyclic) bond motifs is 1. The SMILES string of the molecule is COc1ccc(C(CC(=O)NCCc2c[nH]c3ccccc23)NC(C)=O)cc1. The predicted molar refractivity (Wildman–Crippen MR) is 109 cm³/mol. The van der Waals surface area contributed by atoms with Gasteiger partial charge in [0.15, 0.2) is 0 Å². The van der Waals surface area contributed by atoms with Crippen LogP contribution in [0.1, 0.15) is 30.5 Å². The van der Waals surface area contributed by atoms with E-state index in [9.17, 15) is 9.59 Å². The van der Waals surface area contributed by atoms with Crippen LogP contribution in [0.4, 0.5) is 0 Å². The third kappa shape index (κ3) is 4.91. The first-order chi connectivity index (χ1) is 13.6. The Morgan fingerprint density at radius 2 is 1.86 bits per heavy atom. The van der Waals surface area contributed by atoms with Gasteiger partial charge in [0.1, 0.15) is 5.75 Å². The van der Waals surface area contributed by atoms with E-state index in [-0.39, 0.29) is 24.3 Å². The molecule has 3 aromatic rings. The molecular weight excluding hydrogens is 354 g/mol. The minimum Gasteiger partial charge on any atom is -0.497 e. The summed E-state index contributed by atoms with van der Waals surface area (Å²) in [6.07, 6.45) is 2.90. The fraction of sp³-hybridized carbons (Fsp3) is 0.273. The average Bonchev–Trinajstić information content (AvgIpc) is 3.10. The number of ether oxygens (including phenoxy) is 1. The first-order valence-corrected chi connectivity index (χ1v) is 9.29. The number of rotatable bonds is 8. The van der Waals surface area contributed by atoms with E-state index in [1.165, 1.54) is 17.9 Å². The molecule has 2 aromatic carbocycles. The lowest BCUT2D eigenvalue weighted by Crippen LogP contribution is -2.33. The average molecular weight is 379 g/mol. The standard InChI is InChI=1S/C22H25N3O3/c1-15(26)25-21(16-7-9-18(28-2)10-8-16)13-22(27)23-12-11-17-14-24-20-6-4-3-5-19(17)20/h3-10,14,21,24H,11-13H2,1-2H3,(H,23,27)(H,25,26). The van der Waals surface area contributed by atoms with Crippen molar-refractivity contribution >= 4 is 22.7 Å². The first-order valence-electron chi connectivity index (χ1n) is 9.29. The van der Waals surface area contributed by atoms with Crippen molar-refractivity contribution in [1.29, 1.82) is 0 Å². The zero-order valence-corrected chi connectivity index (χ0v) is 16.1. The molecule has 0 aliphatic rings. The highest BCUT2D eigenvalue weighted by molar-refractivity contribution is 5.83. The summed E-state index contributed by atoms with van der Waals surface area (Å²) in [6.45, 7) is 1.99. The molecule has 1 atom stereocenters. The van der Waals surface area contributed by atoms with E-state index in [1.807, 2.05) is 48.7 Å². The number of H-pyrrole nitrogens is 1. The van der Waals surface area contributed by atoms with Crippen LogP contribution in [0.25, 0.3) is 10.9 Å². The summed E-state index contributed by atoms with van der Waals surface area (Å²) in [5, 5.41) is 6.97. The van der Waals surface area contributed by atoms with Gasteiger partial charge in [-0.15, -0.1) is 0 Å². The fourth-order valence-corrected chi connectivity index (χ4v) is 3.27. The molecule has 0 bridgehead atoms. The van der Waals surface area contributed by atoms with Crippen molar-refractivity contribution in [3.63, 3.8) is 0 Å². The summed E-state index contributed by atoms with van der Waals surface area (Å²) in [4.78, 5) is 27.2. The number of methoxy groups -OCH3 is 1. The van der Waals surface area contributed by atoms with Crippen LogP contribution in [0.15, 0.2) is 54.7 Å². The molecule has 1 heterocycles. The molecule has 6 heteroatoms.